The summed E-state index contributed by atoms with van der Waals surface area (Å²) in [5, 5.41) is 26.8. The smallest absolute Gasteiger partial charge is 0.270 e. The third-order valence-corrected chi connectivity index (χ3v) is 20.3. The van der Waals surface area contributed by atoms with Crippen molar-refractivity contribution in [2.75, 3.05) is 70.2 Å². The maximum Gasteiger partial charge on any atom is 0.270 e. The van der Waals surface area contributed by atoms with Crippen LogP contribution in [0.25, 0.3) is 22.1 Å². The number of pyridine rings is 2. The lowest BCUT2D eigenvalue weighted by atomic mass is 9.59. The van der Waals surface area contributed by atoms with Crippen LogP contribution in [0.2, 0.25) is 0 Å². The number of carbonyl (C=O) groups excluding carboxylic acids is 1. The van der Waals surface area contributed by atoms with E-state index in [-0.39, 0.29) is 71.8 Å². The molecule has 6 heterocycles. The van der Waals surface area contributed by atoms with Crippen molar-refractivity contribution in [2.24, 2.45) is 16.7 Å². The number of piperazine rings is 1. The van der Waals surface area contributed by atoms with Gasteiger partial charge in [0.1, 0.15) is 44.7 Å². The number of nitrogens with zero attached hydrogens (tertiary/aromatic N) is 6. The lowest BCUT2D eigenvalue weighted by Gasteiger charge is -2.58. The molecule has 410 valence electrons. The molecule has 6 fully saturated rings. The lowest BCUT2D eigenvalue weighted by molar-refractivity contribution is -0.750. The highest BCUT2D eigenvalue weighted by atomic mass is 35.5. The van der Waals surface area contributed by atoms with Crippen molar-refractivity contribution in [3.05, 3.63) is 88.9 Å². The average Bonchev–Trinajstić information content (AvgIpc) is 3.94. The number of aromatic nitrogens is 5. The van der Waals surface area contributed by atoms with Crippen molar-refractivity contribution in [1.29, 1.82) is 0 Å². The van der Waals surface area contributed by atoms with Crippen LogP contribution in [-0.2, 0) is 10.0 Å². The first kappa shape index (κ1) is 52.1. The molecule has 6 N–H and O–H groups in total. The van der Waals surface area contributed by atoms with Crippen LogP contribution < -0.4 is 29.5 Å². The summed E-state index contributed by atoms with van der Waals surface area (Å²) >= 11 is 6.82. The number of hydroxylamine groups is 1. The predicted octanol–water partition coefficient (Wildman–Crippen LogP) is 7.89. The summed E-state index contributed by atoms with van der Waals surface area (Å²) in [7, 11) is -2.00. The molecule has 12 rings (SSSR count). The Morgan fingerprint density at radius 1 is 1.04 bits per heavy atom. The molecule has 2 saturated heterocycles. The van der Waals surface area contributed by atoms with Gasteiger partial charge in [-0.2, -0.15) is 4.98 Å². The van der Waals surface area contributed by atoms with Crippen LogP contribution >= 0.6 is 11.6 Å². The van der Waals surface area contributed by atoms with Gasteiger partial charge in [0.25, 0.3) is 21.8 Å². The van der Waals surface area contributed by atoms with Crippen LogP contribution in [-0.4, -0.2) is 131 Å². The Kier molecular flexibility index (Phi) is 13.1. The molecule has 2 atom stereocenters. The molecule has 2 aromatic carbocycles. The van der Waals surface area contributed by atoms with E-state index in [0.29, 0.717) is 67.4 Å². The number of imidazole rings is 1. The Bertz CT molecular complexity index is 3350. The number of ether oxygens (including phenoxy) is 2. The molecule has 0 radical (unpaired) electrons. The number of halogens is 2. The van der Waals surface area contributed by atoms with Crippen LogP contribution in [0.1, 0.15) is 118 Å². The number of sulfonamides is 1. The number of benzene rings is 2. The molecule has 4 aliphatic carbocycles. The molecule has 1 amide bonds. The van der Waals surface area contributed by atoms with Crippen molar-refractivity contribution in [1.82, 2.24) is 39.4 Å². The zero-order chi connectivity index (χ0) is 53.8. The number of quaternary nitrogens is 1. The second-order valence-electron chi connectivity index (χ2n) is 23.8. The number of hydrogen-bond donors (Lipinski definition) is 6. The van der Waals surface area contributed by atoms with Gasteiger partial charge >= 0.3 is 0 Å². The molecule has 6 aliphatic rings. The minimum Gasteiger partial charge on any atom is -0.629 e. The Morgan fingerprint density at radius 2 is 1.78 bits per heavy atom. The first-order chi connectivity index (χ1) is 36.8. The van der Waals surface area contributed by atoms with Crippen molar-refractivity contribution < 1.29 is 37.2 Å². The number of rotatable bonds is 16. The van der Waals surface area contributed by atoms with Gasteiger partial charge in [0, 0.05) is 93.9 Å². The number of H-pyrrole nitrogens is 2. The number of fused-ring (bicyclic) bond motifs is 3. The fourth-order valence-corrected chi connectivity index (χ4v) is 15.1. The first-order valence-corrected chi connectivity index (χ1v) is 29.1. The fraction of sp³-hybridized carbons (Fsp3) is 0.536. The highest BCUT2D eigenvalue weighted by molar-refractivity contribution is 7.90. The molecule has 4 aromatic heterocycles. The van der Waals surface area contributed by atoms with E-state index in [0.717, 1.165) is 77.5 Å². The first-order valence-electron chi connectivity index (χ1n) is 27.2. The summed E-state index contributed by atoms with van der Waals surface area (Å²) in [5.41, 5.74) is 3.45. The van der Waals surface area contributed by atoms with Crippen LogP contribution in [0.4, 0.5) is 21.6 Å². The fourth-order valence-electron chi connectivity index (χ4n) is 13.4. The number of alkyl halides is 1. The molecule has 18 nitrogen and oxygen atoms in total. The lowest BCUT2D eigenvalue weighted by Crippen LogP contribution is -2.98. The molecule has 0 bridgehead atoms. The minimum absolute atomic E-state index is 0.00271. The zero-order valence-corrected chi connectivity index (χ0v) is 45.9. The molecule has 4 saturated carbocycles. The van der Waals surface area contributed by atoms with E-state index in [1.165, 1.54) is 56.1 Å². The summed E-state index contributed by atoms with van der Waals surface area (Å²) in [6.07, 6.45) is 13.1. The number of methoxy groups -OCH3 is 1. The van der Waals surface area contributed by atoms with E-state index in [2.05, 4.69) is 82.8 Å². The van der Waals surface area contributed by atoms with Crippen LogP contribution in [0, 0.1) is 27.8 Å². The highest BCUT2D eigenvalue weighted by Gasteiger charge is 2.82. The minimum atomic E-state index is -4.73. The summed E-state index contributed by atoms with van der Waals surface area (Å²) in [4.78, 5) is 41.1. The number of aliphatic hydroxyl groups is 1. The number of hydrogen-bond acceptors (Lipinski definition) is 14. The third kappa shape index (κ3) is 9.68. The van der Waals surface area contributed by atoms with Crippen LogP contribution in [0.3, 0.4) is 0 Å². The largest absolute Gasteiger partial charge is 0.629 e. The van der Waals surface area contributed by atoms with E-state index in [4.69, 9.17) is 26.1 Å². The number of carbonyl (C=O) groups is 1. The van der Waals surface area contributed by atoms with Gasteiger partial charge in [-0.3, -0.25) is 14.6 Å². The van der Waals surface area contributed by atoms with Gasteiger partial charge < -0.3 is 45.0 Å². The summed E-state index contributed by atoms with van der Waals surface area (Å²) in [6, 6.07) is 14.0. The topological polar surface area (TPSA) is 221 Å². The van der Waals surface area contributed by atoms with Crippen molar-refractivity contribution in [3.63, 3.8) is 0 Å². The second-order valence-corrected chi connectivity index (χ2v) is 26.2. The molecular weight excluding hydrogens is 1030 g/mol. The SMILES string of the molecule is COc1nc2[nH]cc(F)c2cc1Oc1cc(N2CCC3(CC2)CC(N2CCN(CC45CC4(Cl)C5)C[C@H]2c2ccccc2C(C)C)C3)ncc1C(=O)NS(=O)(=O)c1cc([NH+](C)[O-])c(NCC2CCC(C)(O)CC2)c2[nH]cnc12. The zero-order valence-electron chi connectivity index (χ0n) is 44.3. The summed E-state index contributed by atoms with van der Waals surface area (Å²) < 4.78 is 58.1. The molecule has 2 aliphatic heterocycles. The second kappa shape index (κ2) is 19.3. The number of aromatic amines is 2. The highest BCUT2D eigenvalue weighted by Crippen LogP contribution is 2.82. The normalized spacial score (nSPS) is 26.9. The van der Waals surface area contributed by atoms with Gasteiger partial charge in [0.2, 0.25) is 0 Å². The number of anilines is 2. The van der Waals surface area contributed by atoms with E-state index >= 15 is 0 Å². The average molecular weight is 1090 g/mol. The quantitative estimate of drug-likeness (QED) is 0.0401. The molecule has 1 spiro atoms. The van der Waals surface area contributed by atoms with E-state index < -0.39 is 32.4 Å². The third-order valence-electron chi connectivity index (χ3n) is 18.3. The van der Waals surface area contributed by atoms with Crippen molar-refractivity contribution in [2.45, 2.75) is 118 Å². The van der Waals surface area contributed by atoms with Crippen molar-refractivity contribution in [3.8, 4) is 17.4 Å². The number of nitrogens with one attached hydrogen (secondary N) is 5. The summed E-state index contributed by atoms with van der Waals surface area (Å²) in [6.45, 7) is 12.5. The van der Waals surface area contributed by atoms with Gasteiger partial charge in [0.15, 0.2) is 11.4 Å². The molecule has 21 heteroatoms. The van der Waals surface area contributed by atoms with E-state index in [1.807, 2.05) is 6.92 Å². The van der Waals surface area contributed by atoms with E-state index in [9.17, 15) is 27.9 Å². The van der Waals surface area contributed by atoms with Gasteiger partial charge in [-0.1, -0.05) is 38.1 Å². The van der Waals surface area contributed by atoms with Gasteiger partial charge in [0.05, 0.1) is 41.9 Å². The Balaban J connectivity index is 0.783. The molecule has 6 aromatic rings. The van der Waals surface area contributed by atoms with Crippen LogP contribution in [0.15, 0.2) is 66.1 Å². The Hall–Kier alpha value is -5.61. The van der Waals surface area contributed by atoms with Gasteiger partial charge in [-0.15, -0.1) is 11.6 Å². The number of piperidine rings is 1. The predicted molar refractivity (Wildman–Crippen MR) is 292 cm³/mol. The van der Waals surface area contributed by atoms with Gasteiger partial charge in [-0.05, 0) is 99.5 Å². The molecular formula is C56H69ClFN11O7S. The van der Waals surface area contributed by atoms with Gasteiger partial charge in [-0.25, -0.2) is 27.5 Å². The standard InChI is InChI=1S/C56H69ClFN11O7S/c1-33(2)36-8-6-7-9-37(36)42-28-67(31-55-29-56(55,57)30-55)18-19-69(42)35-23-54(24-35)14-16-68(17-15-54)46-22-43(76-44-20-38-40(58)27-61-50(38)64-52(44)75-5)39(26-59-46)51(70)65-77(73,74)45-21-41(66(4)72)47(49-48(45)62-32-63-49)60-25-34-10-12-53(3,71)13-11-34/h6-9,20-22,26-27,32-35,42,60,66,71H,10-19,23-25,28-31H2,1-5H3,(H,61,64)(H,62,63)(H,65,70)/t34?,42-,53?,55?,56?/m0/s1. The molecule has 1 unspecified atom stereocenters. The maximum atomic E-state index is 15.0. The Labute approximate surface area is 453 Å². The maximum absolute atomic E-state index is 15.0. The monoisotopic (exact) mass is 1090 g/mol. The summed E-state index contributed by atoms with van der Waals surface area (Å²) in [5.74, 6) is -0.564. The van der Waals surface area contributed by atoms with Crippen LogP contribution in [0.5, 0.6) is 17.4 Å². The molecule has 77 heavy (non-hydrogen) atoms. The van der Waals surface area contributed by atoms with E-state index in [1.54, 1.807) is 6.07 Å². The number of amides is 1. The Morgan fingerprint density at radius 3 is 2.48 bits per heavy atom. The van der Waals surface area contributed by atoms with Crippen molar-refractivity contribution >= 4 is 66.8 Å².